The van der Waals surface area contributed by atoms with Gasteiger partial charge in [0, 0.05) is 24.8 Å². The Labute approximate surface area is 123 Å². The molecule has 2 heterocycles. The molecule has 0 saturated heterocycles. The smallest absolute Gasteiger partial charge is 0.251 e. The Hall–Kier alpha value is -2.37. The molecule has 3 rings (SSSR count). The van der Waals surface area contributed by atoms with Gasteiger partial charge >= 0.3 is 0 Å². The van der Waals surface area contributed by atoms with Gasteiger partial charge in [-0.2, -0.15) is 0 Å². The third kappa shape index (κ3) is 3.39. The molecule has 0 bridgehead atoms. The Bertz CT molecular complexity index is 610. The summed E-state index contributed by atoms with van der Waals surface area (Å²) in [5.41, 5.74) is 1.82. The first-order valence-electron chi connectivity index (χ1n) is 7.21. The molecule has 21 heavy (non-hydrogen) atoms. The van der Waals surface area contributed by atoms with E-state index in [1.165, 1.54) is 0 Å². The maximum absolute atomic E-state index is 12.1. The Morgan fingerprint density at radius 3 is 3.24 bits per heavy atom. The number of ether oxygens (including phenoxy) is 1. The van der Waals surface area contributed by atoms with E-state index in [2.05, 4.69) is 15.6 Å². The minimum atomic E-state index is -0.0398. The molecule has 1 aromatic heterocycles. The van der Waals surface area contributed by atoms with Gasteiger partial charge < -0.3 is 10.1 Å². The fraction of sp³-hybridized carbons (Fsp3) is 0.400. The SMILES string of the molecule is O=C(NCCCn1ccnn1)c1ccc2c(c1)CCCO2. The lowest BCUT2D eigenvalue weighted by Crippen LogP contribution is -2.25. The van der Waals surface area contributed by atoms with E-state index in [0.29, 0.717) is 12.1 Å². The van der Waals surface area contributed by atoms with Crippen LogP contribution in [0.25, 0.3) is 0 Å². The fourth-order valence-electron chi connectivity index (χ4n) is 2.40. The van der Waals surface area contributed by atoms with Crippen molar-refractivity contribution in [1.29, 1.82) is 0 Å². The normalized spacial score (nSPS) is 13.3. The monoisotopic (exact) mass is 286 g/mol. The number of aromatic nitrogens is 3. The molecule has 2 aromatic rings. The van der Waals surface area contributed by atoms with Gasteiger partial charge in [-0.1, -0.05) is 5.21 Å². The fourth-order valence-corrected chi connectivity index (χ4v) is 2.40. The summed E-state index contributed by atoms with van der Waals surface area (Å²) in [6, 6.07) is 5.64. The van der Waals surface area contributed by atoms with Crippen molar-refractivity contribution in [2.75, 3.05) is 13.2 Å². The summed E-state index contributed by atoms with van der Waals surface area (Å²) in [6.07, 6.45) is 6.26. The Balaban J connectivity index is 1.51. The second-order valence-corrected chi connectivity index (χ2v) is 5.05. The van der Waals surface area contributed by atoms with Crippen molar-refractivity contribution in [3.8, 4) is 5.75 Å². The molecule has 1 aliphatic rings. The van der Waals surface area contributed by atoms with Crippen molar-refractivity contribution >= 4 is 5.91 Å². The van der Waals surface area contributed by atoms with E-state index in [0.717, 1.165) is 43.7 Å². The standard InChI is InChI=1S/C15H18N4O2/c20-15(16-6-2-8-19-9-7-17-18-19)13-4-5-14-12(11-13)3-1-10-21-14/h4-5,7,9,11H,1-3,6,8,10H2,(H,16,20). The molecule has 1 N–H and O–H groups in total. The van der Waals surface area contributed by atoms with Gasteiger partial charge in [-0.15, -0.1) is 5.10 Å². The number of aryl methyl sites for hydroxylation is 2. The lowest BCUT2D eigenvalue weighted by molar-refractivity contribution is 0.0952. The zero-order valence-electron chi connectivity index (χ0n) is 11.8. The Kier molecular flexibility index (Phi) is 4.14. The van der Waals surface area contributed by atoms with Crippen LogP contribution in [-0.4, -0.2) is 34.1 Å². The van der Waals surface area contributed by atoms with E-state index in [-0.39, 0.29) is 5.91 Å². The third-order valence-corrected chi connectivity index (χ3v) is 3.49. The van der Waals surface area contributed by atoms with Gasteiger partial charge in [-0.05, 0) is 43.0 Å². The number of rotatable bonds is 5. The number of carbonyl (C=O) groups excluding carboxylic acids is 1. The number of benzene rings is 1. The first kappa shape index (κ1) is 13.6. The Morgan fingerprint density at radius 2 is 2.38 bits per heavy atom. The minimum Gasteiger partial charge on any atom is -0.493 e. The van der Waals surface area contributed by atoms with Crippen molar-refractivity contribution in [1.82, 2.24) is 20.3 Å². The quantitative estimate of drug-likeness (QED) is 0.844. The van der Waals surface area contributed by atoms with Crippen LogP contribution in [0.3, 0.4) is 0 Å². The maximum atomic E-state index is 12.1. The third-order valence-electron chi connectivity index (χ3n) is 3.49. The lowest BCUT2D eigenvalue weighted by atomic mass is 10.0. The number of carbonyl (C=O) groups is 1. The van der Waals surface area contributed by atoms with E-state index >= 15 is 0 Å². The molecule has 0 fully saturated rings. The first-order chi connectivity index (χ1) is 10.3. The van der Waals surface area contributed by atoms with Crippen LogP contribution in [-0.2, 0) is 13.0 Å². The zero-order chi connectivity index (χ0) is 14.5. The van der Waals surface area contributed by atoms with E-state index < -0.39 is 0 Å². The summed E-state index contributed by atoms with van der Waals surface area (Å²) in [6.45, 7) is 2.13. The predicted molar refractivity (Wildman–Crippen MR) is 77.2 cm³/mol. The zero-order valence-corrected chi connectivity index (χ0v) is 11.8. The molecule has 1 aromatic carbocycles. The summed E-state index contributed by atoms with van der Waals surface area (Å²) >= 11 is 0. The summed E-state index contributed by atoms with van der Waals surface area (Å²) in [5, 5.41) is 10.5. The summed E-state index contributed by atoms with van der Waals surface area (Å²) < 4.78 is 7.30. The van der Waals surface area contributed by atoms with Crippen molar-refractivity contribution in [3.05, 3.63) is 41.7 Å². The average Bonchev–Trinajstić information content (AvgIpc) is 3.04. The number of hydrogen-bond acceptors (Lipinski definition) is 4. The molecule has 0 aliphatic carbocycles. The number of fused-ring (bicyclic) bond motifs is 1. The maximum Gasteiger partial charge on any atom is 0.251 e. The minimum absolute atomic E-state index is 0.0398. The van der Waals surface area contributed by atoms with Gasteiger partial charge in [0.1, 0.15) is 5.75 Å². The molecule has 0 unspecified atom stereocenters. The molecule has 0 spiro atoms. The number of nitrogens with one attached hydrogen (secondary N) is 1. The van der Waals surface area contributed by atoms with Crippen LogP contribution >= 0.6 is 0 Å². The molecule has 0 saturated carbocycles. The second-order valence-electron chi connectivity index (χ2n) is 5.05. The highest BCUT2D eigenvalue weighted by molar-refractivity contribution is 5.94. The van der Waals surface area contributed by atoms with Gasteiger partial charge in [-0.3, -0.25) is 9.48 Å². The molecule has 0 atom stereocenters. The molecule has 0 radical (unpaired) electrons. The topological polar surface area (TPSA) is 69.0 Å². The van der Waals surface area contributed by atoms with Crippen molar-refractivity contribution in [2.45, 2.75) is 25.8 Å². The highest BCUT2D eigenvalue weighted by atomic mass is 16.5. The molecular formula is C15H18N4O2. The van der Waals surface area contributed by atoms with E-state index in [1.807, 2.05) is 24.4 Å². The van der Waals surface area contributed by atoms with Crippen molar-refractivity contribution in [2.24, 2.45) is 0 Å². The molecule has 6 nitrogen and oxygen atoms in total. The summed E-state index contributed by atoms with van der Waals surface area (Å²) in [5.74, 6) is 0.867. The average molecular weight is 286 g/mol. The van der Waals surface area contributed by atoms with Gasteiger partial charge in [0.05, 0.1) is 12.8 Å². The highest BCUT2D eigenvalue weighted by Gasteiger charge is 2.13. The van der Waals surface area contributed by atoms with Crippen molar-refractivity contribution < 1.29 is 9.53 Å². The molecule has 1 aliphatic heterocycles. The van der Waals surface area contributed by atoms with Crippen LogP contribution in [0.4, 0.5) is 0 Å². The number of nitrogens with zero attached hydrogens (tertiary/aromatic N) is 3. The summed E-state index contributed by atoms with van der Waals surface area (Å²) in [7, 11) is 0. The first-order valence-corrected chi connectivity index (χ1v) is 7.21. The Morgan fingerprint density at radius 1 is 1.43 bits per heavy atom. The van der Waals surface area contributed by atoms with E-state index in [9.17, 15) is 4.79 Å². The van der Waals surface area contributed by atoms with Gasteiger partial charge in [0.15, 0.2) is 0 Å². The summed E-state index contributed by atoms with van der Waals surface area (Å²) in [4.78, 5) is 12.1. The van der Waals surface area contributed by atoms with Crippen LogP contribution in [0.15, 0.2) is 30.6 Å². The molecule has 1 amide bonds. The van der Waals surface area contributed by atoms with Gasteiger partial charge in [0.2, 0.25) is 0 Å². The second kappa shape index (κ2) is 6.39. The largest absolute Gasteiger partial charge is 0.493 e. The van der Waals surface area contributed by atoms with Crippen LogP contribution in [0.2, 0.25) is 0 Å². The van der Waals surface area contributed by atoms with E-state index in [4.69, 9.17) is 4.74 Å². The van der Waals surface area contributed by atoms with Crippen LogP contribution < -0.4 is 10.1 Å². The molecule has 6 heteroatoms. The van der Waals surface area contributed by atoms with Crippen molar-refractivity contribution in [3.63, 3.8) is 0 Å². The molecular weight excluding hydrogens is 268 g/mol. The predicted octanol–water partition coefficient (Wildman–Crippen LogP) is 1.42. The highest BCUT2D eigenvalue weighted by Crippen LogP contribution is 2.25. The van der Waals surface area contributed by atoms with Gasteiger partial charge in [-0.25, -0.2) is 0 Å². The van der Waals surface area contributed by atoms with Gasteiger partial charge in [0.25, 0.3) is 5.91 Å². The van der Waals surface area contributed by atoms with Crippen LogP contribution in [0.5, 0.6) is 5.75 Å². The van der Waals surface area contributed by atoms with E-state index in [1.54, 1.807) is 10.9 Å². The number of hydrogen-bond donors (Lipinski definition) is 1. The van der Waals surface area contributed by atoms with Crippen LogP contribution in [0, 0.1) is 0 Å². The number of amides is 1. The molecule has 110 valence electrons. The lowest BCUT2D eigenvalue weighted by Gasteiger charge is -2.17. The van der Waals surface area contributed by atoms with Crippen LogP contribution in [0.1, 0.15) is 28.8 Å².